The number of hydrogen-bond donors (Lipinski definition) is 1. The zero-order valence-corrected chi connectivity index (χ0v) is 12.3. The Kier molecular flexibility index (Phi) is 4.17. The lowest BCUT2D eigenvalue weighted by Crippen LogP contribution is -2.80. The van der Waals surface area contributed by atoms with Crippen molar-refractivity contribution in [2.75, 3.05) is 7.11 Å². The van der Waals surface area contributed by atoms with Gasteiger partial charge in [-0.25, -0.2) is 0 Å². The maximum atomic E-state index is 5.54. The van der Waals surface area contributed by atoms with Crippen LogP contribution >= 0.6 is 0 Å². The topological polar surface area (TPSA) is 25.8 Å². The van der Waals surface area contributed by atoms with Crippen LogP contribution in [0.2, 0.25) is 0 Å². The Bertz CT molecular complexity index is 722. The number of quaternary nitrogens is 1. The van der Waals surface area contributed by atoms with Gasteiger partial charge in [-0.15, -0.1) is 0 Å². The van der Waals surface area contributed by atoms with Crippen molar-refractivity contribution in [3.05, 3.63) is 77.9 Å². The third-order valence-electron chi connectivity index (χ3n) is 3.79. The molecule has 21 heavy (non-hydrogen) atoms. The number of ether oxygens (including phenoxy) is 1. The zero-order valence-electron chi connectivity index (χ0n) is 12.3. The summed E-state index contributed by atoms with van der Waals surface area (Å²) in [5.41, 5.74) is 2.61. The van der Waals surface area contributed by atoms with Crippen LogP contribution in [-0.4, -0.2) is 7.11 Å². The summed E-state index contributed by atoms with van der Waals surface area (Å²) in [6.45, 7) is 1.90. The van der Waals surface area contributed by atoms with Gasteiger partial charge in [-0.1, -0.05) is 60.7 Å². The second-order valence-electron chi connectivity index (χ2n) is 5.15. The lowest BCUT2D eigenvalue weighted by molar-refractivity contribution is -0.686. The molecule has 0 atom stereocenters. The highest BCUT2D eigenvalue weighted by Crippen LogP contribution is 2.27. The van der Waals surface area contributed by atoms with Crippen molar-refractivity contribution in [2.45, 2.75) is 13.1 Å². The molecule has 0 aliphatic heterocycles. The molecule has 2 nitrogen and oxygen atoms in total. The van der Waals surface area contributed by atoms with Crippen molar-refractivity contribution < 1.29 is 10.1 Å². The van der Waals surface area contributed by atoms with Crippen molar-refractivity contribution in [2.24, 2.45) is 0 Å². The van der Waals surface area contributed by atoms with Crippen molar-refractivity contribution in [1.82, 2.24) is 0 Å². The summed E-state index contributed by atoms with van der Waals surface area (Å²) in [6.07, 6.45) is 0. The Morgan fingerprint density at radius 3 is 2.38 bits per heavy atom. The quantitative estimate of drug-likeness (QED) is 0.762. The van der Waals surface area contributed by atoms with Gasteiger partial charge in [-0.3, -0.25) is 0 Å². The minimum absolute atomic E-state index is 0.916. The second kappa shape index (κ2) is 6.42. The maximum Gasteiger partial charge on any atom is 0.128 e. The summed E-state index contributed by atoms with van der Waals surface area (Å²) in [5.74, 6) is 0.970. The van der Waals surface area contributed by atoms with E-state index >= 15 is 0 Å². The van der Waals surface area contributed by atoms with Crippen molar-refractivity contribution in [3.8, 4) is 5.75 Å². The van der Waals surface area contributed by atoms with Crippen molar-refractivity contribution in [3.63, 3.8) is 0 Å². The standard InChI is InChI=1S/C19H19NO/c1-21-19-12-11-16-9-5-6-10-17(16)18(19)14-20-13-15-7-3-2-4-8-15/h2-12,20H,13-14H2,1H3/p+1. The molecule has 0 saturated carbocycles. The first-order valence-corrected chi connectivity index (χ1v) is 7.28. The largest absolute Gasteiger partial charge is 0.496 e. The van der Waals surface area contributed by atoms with E-state index < -0.39 is 0 Å². The van der Waals surface area contributed by atoms with Gasteiger partial charge in [0.05, 0.1) is 12.7 Å². The normalized spacial score (nSPS) is 10.7. The number of fused-ring (bicyclic) bond motifs is 1. The molecule has 0 saturated heterocycles. The van der Waals surface area contributed by atoms with Crippen LogP contribution in [-0.2, 0) is 13.1 Å². The molecular formula is C19H20NO+. The number of rotatable bonds is 5. The van der Waals surface area contributed by atoms with Gasteiger partial charge in [0, 0.05) is 5.56 Å². The fourth-order valence-corrected chi connectivity index (χ4v) is 2.72. The molecule has 106 valence electrons. The van der Waals surface area contributed by atoms with E-state index in [1.54, 1.807) is 7.11 Å². The average Bonchev–Trinajstić information content (AvgIpc) is 2.56. The summed E-state index contributed by atoms with van der Waals surface area (Å²) in [7, 11) is 1.74. The summed E-state index contributed by atoms with van der Waals surface area (Å²) in [5, 5.41) is 4.86. The first kappa shape index (κ1) is 13.7. The lowest BCUT2D eigenvalue weighted by Gasteiger charge is -2.11. The molecule has 0 spiro atoms. The van der Waals surface area contributed by atoms with Crippen LogP contribution in [0, 0.1) is 0 Å². The minimum Gasteiger partial charge on any atom is -0.496 e. The van der Waals surface area contributed by atoms with Gasteiger partial charge in [0.25, 0.3) is 0 Å². The van der Waals surface area contributed by atoms with E-state index in [0.29, 0.717) is 0 Å². The third kappa shape index (κ3) is 3.06. The molecule has 3 aromatic carbocycles. The molecule has 0 aliphatic rings. The molecule has 0 radical (unpaired) electrons. The van der Waals surface area contributed by atoms with Crippen molar-refractivity contribution in [1.29, 1.82) is 0 Å². The lowest BCUT2D eigenvalue weighted by atomic mass is 10.0. The third-order valence-corrected chi connectivity index (χ3v) is 3.79. The van der Waals surface area contributed by atoms with Gasteiger partial charge >= 0.3 is 0 Å². The average molecular weight is 278 g/mol. The highest BCUT2D eigenvalue weighted by Gasteiger charge is 2.09. The monoisotopic (exact) mass is 278 g/mol. The smallest absolute Gasteiger partial charge is 0.128 e. The predicted octanol–water partition coefficient (Wildman–Crippen LogP) is 3.11. The van der Waals surface area contributed by atoms with Gasteiger partial charge < -0.3 is 10.1 Å². The van der Waals surface area contributed by atoms with Crippen LogP contribution in [0.4, 0.5) is 0 Å². The molecule has 2 N–H and O–H groups in total. The van der Waals surface area contributed by atoms with Crippen LogP contribution in [0.25, 0.3) is 10.8 Å². The molecule has 3 aromatic rings. The fraction of sp³-hybridized carbons (Fsp3) is 0.158. The summed E-state index contributed by atoms with van der Waals surface area (Å²) < 4.78 is 5.54. The summed E-state index contributed by atoms with van der Waals surface area (Å²) in [6, 6.07) is 23.2. The maximum absolute atomic E-state index is 5.54. The number of nitrogens with two attached hydrogens (primary N) is 1. The number of benzene rings is 3. The van der Waals surface area contributed by atoms with E-state index in [1.165, 1.54) is 21.9 Å². The molecule has 0 fully saturated rings. The molecule has 2 heteroatoms. The highest BCUT2D eigenvalue weighted by atomic mass is 16.5. The van der Waals surface area contributed by atoms with Gasteiger partial charge in [0.15, 0.2) is 0 Å². The Morgan fingerprint density at radius 2 is 1.57 bits per heavy atom. The van der Waals surface area contributed by atoms with E-state index in [9.17, 15) is 0 Å². The molecule has 3 rings (SSSR count). The molecule has 0 heterocycles. The molecule has 0 bridgehead atoms. The Labute approximate surface area is 125 Å². The minimum atomic E-state index is 0.916. The van der Waals surface area contributed by atoms with Crippen LogP contribution in [0.5, 0.6) is 5.75 Å². The van der Waals surface area contributed by atoms with Crippen LogP contribution < -0.4 is 10.1 Å². The van der Waals surface area contributed by atoms with E-state index in [0.717, 1.165) is 18.8 Å². The Balaban J connectivity index is 1.82. The molecule has 0 unspecified atom stereocenters. The Morgan fingerprint density at radius 1 is 0.810 bits per heavy atom. The summed E-state index contributed by atoms with van der Waals surface area (Å²) >= 11 is 0. The van der Waals surface area contributed by atoms with E-state index in [1.807, 2.05) is 0 Å². The van der Waals surface area contributed by atoms with Crippen LogP contribution in [0.1, 0.15) is 11.1 Å². The SMILES string of the molecule is COc1ccc2ccccc2c1C[NH2+]Cc1ccccc1. The zero-order chi connectivity index (χ0) is 14.5. The van der Waals surface area contributed by atoms with Gasteiger partial charge in [0.1, 0.15) is 18.8 Å². The molecule has 0 amide bonds. The first-order valence-electron chi connectivity index (χ1n) is 7.28. The molecule has 0 aromatic heterocycles. The molecule has 0 aliphatic carbocycles. The van der Waals surface area contributed by atoms with Crippen molar-refractivity contribution >= 4 is 10.8 Å². The van der Waals surface area contributed by atoms with Gasteiger partial charge in [0.2, 0.25) is 0 Å². The van der Waals surface area contributed by atoms with Gasteiger partial charge in [-0.05, 0) is 16.8 Å². The van der Waals surface area contributed by atoms with Gasteiger partial charge in [-0.2, -0.15) is 0 Å². The summed E-state index contributed by atoms with van der Waals surface area (Å²) in [4.78, 5) is 0. The second-order valence-corrected chi connectivity index (χ2v) is 5.15. The van der Waals surface area contributed by atoms with E-state index in [4.69, 9.17) is 4.74 Å². The number of methoxy groups -OCH3 is 1. The predicted molar refractivity (Wildman–Crippen MR) is 86.3 cm³/mol. The Hall–Kier alpha value is -2.32. The fourth-order valence-electron chi connectivity index (χ4n) is 2.72. The van der Waals surface area contributed by atoms with Crippen LogP contribution in [0.3, 0.4) is 0 Å². The number of hydrogen-bond acceptors (Lipinski definition) is 1. The molecular weight excluding hydrogens is 258 g/mol. The van der Waals surface area contributed by atoms with Crippen LogP contribution in [0.15, 0.2) is 66.7 Å². The van der Waals surface area contributed by atoms with E-state index in [-0.39, 0.29) is 0 Å². The highest BCUT2D eigenvalue weighted by molar-refractivity contribution is 5.87. The van der Waals surface area contributed by atoms with E-state index in [2.05, 4.69) is 72.0 Å². The first-order chi connectivity index (χ1) is 10.4.